The summed E-state index contributed by atoms with van der Waals surface area (Å²) >= 11 is 0. The van der Waals surface area contributed by atoms with Crippen LogP contribution < -0.4 is 9.47 Å². The van der Waals surface area contributed by atoms with Crippen molar-refractivity contribution in [1.82, 2.24) is 9.13 Å². The Kier molecular flexibility index (Phi) is 5.93. The minimum Gasteiger partial charge on any atom is -0.450 e. The minimum atomic E-state index is -0.564. The van der Waals surface area contributed by atoms with Gasteiger partial charge in [0.15, 0.2) is 23.0 Å². The zero-order valence-electron chi connectivity index (χ0n) is 31.7. The Morgan fingerprint density at radius 1 is 0.288 bits per heavy atom. The fraction of sp³-hybridized carbons (Fsp3) is 0.0182. The summed E-state index contributed by atoms with van der Waals surface area (Å²) in [6.45, 7) is 0. The zero-order chi connectivity index (χ0) is 38.4. The van der Waals surface area contributed by atoms with Crippen molar-refractivity contribution in [3.63, 3.8) is 0 Å². The van der Waals surface area contributed by atoms with Gasteiger partial charge in [-0.3, -0.25) is 0 Å². The Bertz CT molecular complexity index is 3540. The number of hydrogen-bond donors (Lipinski definition) is 0. The molecule has 14 rings (SSSR count). The molecule has 274 valence electrons. The van der Waals surface area contributed by atoms with Gasteiger partial charge in [0.2, 0.25) is 0 Å². The highest BCUT2D eigenvalue weighted by molar-refractivity contribution is 6.12. The summed E-state index contributed by atoms with van der Waals surface area (Å²) in [6.07, 6.45) is 0. The Morgan fingerprint density at radius 3 is 1.36 bits per heavy atom. The average molecular weight is 753 g/mol. The molecule has 0 amide bonds. The lowest BCUT2D eigenvalue weighted by Gasteiger charge is -2.31. The highest BCUT2D eigenvalue weighted by atomic mass is 16.6. The van der Waals surface area contributed by atoms with Gasteiger partial charge in [-0.15, -0.1) is 0 Å². The smallest absolute Gasteiger partial charge is 0.170 e. The molecule has 0 saturated carbocycles. The average Bonchev–Trinajstić information content (AvgIpc) is 3.99. The third kappa shape index (κ3) is 3.93. The van der Waals surface area contributed by atoms with Gasteiger partial charge in [-0.2, -0.15) is 0 Å². The summed E-state index contributed by atoms with van der Waals surface area (Å²) < 4.78 is 18.0. The predicted octanol–water partition coefficient (Wildman–Crippen LogP) is 14.1. The summed E-state index contributed by atoms with van der Waals surface area (Å²) in [6, 6.07) is 70.6. The van der Waals surface area contributed by atoms with Crippen molar-refractivity contribution in [2.24, 2.45) is 0 Å². The fourth-order valence-electron chi connectivity index (χ4n) is 10.9. The highest BCUT2D eigenvalue weighted by Crippen LogP contribution is 2.65. The summed E-state index contributed by atoms with van der Waals surface area (Å²) in [4.78, 5) is 0. The molecule has 0 fully saturated rings. The molecule has 4 nitrogen and oxygen atoms in total. The van der Waals surface area contributed by atoms with Gasteiger partial charge in [0, 0.05) is 32.9 Å². The summed E-state index contributed by atoms with van der Waals surface area (Å²) in [5.74, 6) is 2.92. The number of nitrogens with zero attached hydrogens (tertiary/aromatic N) is 2. The standard InChI is InChI=1S/C55H32N2O2/c1-6-18-43-35(13-1)36-14-2-7-19-44(36)55(43)45-30-34(25-27-37(45)41-31-53-54(32-46(41)55)59-52-24-12-11-23-51(52)58-53)57-49-22-10-5-17-40(49)42-29-33(26-28-50(42)57)56-47-20-8-3-15-38(47)39-16-4-9-21-48(39)56/h1-32H. The maximum absolute atomic E-state index is 6.61. The molecule has 2 aliphatic carbocycles. The van der Waals surface area contributed by atoms with Crippen molar-refractivity contribution in [3.05, 3.63) is 216 Å². The number of fused-ring (bicyclic) bond motifs is 18. The molecule has 2 aromatic heterocycles. The van der Waals surface area contributed by atoms with Crippen LogP contribution in [0.1, 0.15) is 22.3 Å². The van der Waals surface area contributed by atoms with E-state index in [4.69, 9.17) is 9.47 Å². The molecule has 1 aliphatic heterocycles. The quantitative estimate of drug-likeness (QED) is 0.176. The lowest BCUT2D eigenvalue weighted by molar-refractivity contribution is 0.359. The van der Waals surface area contributed by atoms with Crippen molar-refractivity contribution in [2.75, 3.05) is 0 Å². The Hall–Kier alpha value is -7.82. The third-order valence-electron chi connectivity index (χ3n) is 13.2. The lowest BCUT2D eigenvalue weighted by Crippen LogP contribution is -2.26. The maximum atomic E-state index is 6.61. The molecule has 0 atom stereocenters. The Labute approximate surface area is 339 Å². The first-order valence-electron chi connectivity index (χ1n) is 20.3. The molecular formula is C55H32N2O2. The number of hydrogen-bond acceptors (Lipinski definition) is 2. The first-order valence-corrected chi connectivity index (χ1v) is 20.3. The van der Waals surface area contributed by atoms with E-state index in [0.717, 1.165) is 39.9 Å². The van der Waals surface area contributed by atoms with Gasteiger partial charge < -0.3 is 18.6 Å². The van der Waals surface area contributed by atoms with E-state index in [1.807, 2.05) is 24.3 Å². The zero-order valence-corrected chi connectivity index (χ0v) is 31.7. The molecule has 0 radical (unpaired) electrons. The van der Waals surface area contributed by atoms with Gasteiger partial charge in [0.25, 0.3) is 0 Å². The molecular weight excluding hydrogens is 721 g/mol. The second-order valence-electron chi connectivity index (χ2n) is 16.0. The van der Waals surface area contributed by atoms with Crippen LogP contribution in [0.4, 0.5) is 0 Å². The predicted molar refractivity (Wildman–Crippen MR) is 238 cm³/mol. The van der Waals surface area contributed by atoms with Crippen LogP contribution in [-0.2, 0) is 5.41 Å². The second kappa shape index (κ2) is 11.2. The van der Waals surface area contributed by atoms with Crippen LogP contribution in [0.25, 0.3) is 77.2 Å². The van der Waals surface area contributed by atoms with Crippen LogP contribution in [0, 0.1) is 0 Å². The van der Waals surface area contributed by atoms with Crippen molar-refractivity contribution in [1.29, 1.82) is 0 Å². The summed E-state index contributed by atoms with van der Waals surface area (Å²) in [7, 11) is 0. The van der Waals surface area contributed by atoms with E-state index in [9.17, 15) is 0 Å². The third-order valence-corrected chi connectivity index (χ3v) is 13.2. The largest absolute Gasteiger partial charge is 0.450 e. The molecule has 9 aromatic carbocycles. The highest BCUT2D eigenvalue weighted by Gasteiger charge is 2.52. The Morgan fingerprint density at radius 2 is 0.729 bits per heavy atom. The normalized spacial score (nSPS) is 13.8. The SMILES string of the molecule is c1ccc2c(c1)Oc1cc3c(cc1O2)C1(c2ccccc2-c2ccccc21)c1cc(-n2c4ccccc4c4cc(-n5c6ccccc6c6ccccc65)ccc42)ccc1-3. The topological polar surface area (TPSA) is 28.3 Å². The molecule has 0 unspecified atom stereocenters. The summed E-state index contributed by atoms with van der Waals surface area (Å²) in [5.41, 5.74) is 16.4. The van der Waals surface area contributed by atoms with Crippen molar-refractivity contribution < 1.29 is 9.47 Å². The second-order valence-corrected chi connectivity index (χ2v) is 16.0. The van der Waals surface area contributed by atoms with E-state index in [1.165, 1.54) is 82.6 Å². The molecule has 3 aliphatic rings. The molecule has 4 heteroatoms. The van der Waals surface area contributed by atoms with Crippen LogP contribution in [0.3, 0.4) is 0 Å². The van der Waals surface area contributed by atoms with Crippen LogP contribution in [0.15, 0.2) is 194 Å². The van der Waals surface area contributed by atoms with Gasteiger partial charge in [-0.05, 0) is 117 Å². The van der Waals surface area contributed by atoms with Gasteiger partial charge in [-0.1, -0.05) is 121 Å². The van der Waals surface area contributed by atoms with Crippen molar-refractivity contribution in [3.8, 4) is 56.6 Å². The van der Waals surface area contributed by atoms with E-state index in [-0.39, 0.29) is 0 Å². The maximum Gasteiger partial charge on any atom is 0.170 e. The number of para-hydroxylation sites is 5. The van der Waals surface area contributed by atoms with Crippen LogP contribution in [-0.4, -0.2) is 9.13 Å². The van der Waals surface area contributed by atoms with Crippen molar-refractivity contribution >= 4 is 43.6 Å². The molecule has 0 bridgehead atoms. The summed E-state index contributed by atoms with van der Waals surface area (Å²) in [5, 5.41) is 4.97. The van der Waals surface area contributed by atoms with Gasteiger partial charge in [-0.25, -0.2) is 0 Å². The number of aromatic nitrogens is 2. The number of benzene rings is 9. The molecule has 11 aromatic rings. The van der Waals surface area contributed by atoms with E-state index in [0.29, 0.717) is 0 Å². The molecule has 0 N–H and O–H groups in total. The van der Waals surface area contributed by atoms with Crippen LogP contribution in [0.2, 0.25) is 0 Å². The van der Waals surface area contributed by atoms with Gasteiger partial charge >= 0.3 is 0 Å². The first kappa shape index (κ1) is 31.3. The number of rotatable bonds is 2. The van der Waals surface area contributed by atoms with E-state index in [2.05, 4.69) is 179 Å². The van der Waals surface area contributed by atoms with E-state index in [1.54, 1.807) is 0 Å². The van der Waals surface area contributed by atoms with Gasteiger partial charge in [0.1, 0.15) is 0 Å². The minimum absolute atomic E-state index is 0.564. The van der Waals surface area contributed by atoms with E-state index < -0.39 is 5.41 Å². The van der Waals surface area contributed by atoms with Crippen LogP contribution in [0.5, 0.6) is 23.0 Å². The molecule has 1 spiro atoms. The number of ether oxygens (including phenoxy) is 2. The Balaban J connectivity index is 1.03. The molecule has 0 saturated heterocycles. The lowest BCUT2D eigenvalue weighted by atomic mass is 9.70. The van der Waals surface area contributed by atoms with Crippen LogP contribution >= 0.6 is 0 Å². The first-order chi connectivity index (χ1) is 29.3. The van der Waals surface area contributed by atoms with E-state index >= 15 is 0 Å². The van der Waals surface area contributed by atoms with Gasteiger partial charge in [0.05, 0.1) is 27.5 Å². The molecule has 3 heterocycles. The van der Waals surface area contributed by atoms with Crippen molar-refractivity contribution in [2.45, 2.75) is 5.41 Å². The monoisotopic (exact) mass is 752 g/mol. The fourth-order valence-corrected chi connectivity index (χ4v) is 10.9. The molecule has 59 heavy (non-hydrogen) atoms.